The SMILES string of the molecule is C=CC(=N/C=C\Cc1cccc(C(F)F)n1)n1ccc(=O)c(O)c1. The first-order valence-corrected chi connectivity index (χ1v) is 7.02. The predicted molar refractivity (Wildman–Crippen MR) is 87.4 cm³/mol. The Hall–Kier alpha value is -3.09. The second-order valence-corrected chi connectivity index (χ2v) is 4.74. The Kier molecular flexibility index (Phi) is 5.73. The molecule has 0 amide bonds. The Morgan fingerprint density at radius 1 is 1.42 bits per heavy atom. The van der Waals surface area contributed by atoms with Crippen LogP contribution in [0.3, 0.4) is 0 Å². The maximum Gasteiger partial charge on any atom is 0.280 e. The van der Waals surface area contributed by atoms with Crippen molar-refractivity contribution in [3.05, 3.63) is 83.2 Å². The van der Waals surface area contributed by atoms with Gasteiger partial charge in [-0.15, -0.1) is 0 Å². The number of hydrogen-bond donors (Lipinski definition) is 1. The zero-order valence-electron chi connectivity index (χ0n) is 12.6. The van der Waals surface area contributed by atoms with Crippen LogP contribution in [-0.2, 0) is 6.42 Å². The lowest BCUT2D eigenvalue weighted by Gasteiger charge is -2.05. The lowest BCUT2D eigenvalue weighted by Crippen LogP contribution is -2.11. The molecular weight excluding hydrogens is 316 g/mol. The van der Waals surface area contributed by atoms with Crippen LogP contribution in [0.1, 0.15) is 17.8 Å². The van der Waals surface area contributed by atoms with Crippen molar-refractivity contribution in [2.45, 2.75) is 12.8 Å². The summed E-state index contributed by atoms with van der Waals surface area (Å²) in [5.74, 6) is -0.0140. The first-order valence-electron chi connectivity index (χ1n) is 7.02. The largest absolute Gasteiger partial charge is 0.503 e. The number of rotatable bonds is 5. The number of aliphatic imine (C=N–C) groups is 1. The molecule has 1 N–H and O–H groups in total. The van der Waals surface area contributed by atoms with Gasteiger partial charge in [0.1, 0.15) is 11.5 Å². The average Bonchev–Trinajstić information content (AvgIpc) is 2.58. The zero-order valence-corrected chi connectivity index (χ0v) is 12.6. The molecule has 0 aliphatic carbocycles. The fourth-order valence-corrected chi connectivity index (χ4v) is 1.87. The van der Waals surface area contributed by atoms with Gasteiger partial charge >= 0.3 is 0 Å². The average molecular weight is 331 g/mol. The first-order chi connectivity index (χ1) is 11.5. The van der Waals surface area contributed by atoms with Crippen molar-refractivity contribution in [3.63, 3.8) is 0 Å². The van der Waals surface area contributed by atoms with E-state index in [9.17, 15) is 18.7 Å². The van der Waals surface area contributed by atoms with Crippen LogP contribution in [-0.4, -0.2) is 20.5 Å². The lowest BCUT2D eigenvalue weighted by atomic mass is 10.2. The lowest BCUT2D eigenvalue weighted by molar-refractivity contribution is 0.146. The summed E-state index contributed by atoms with van der Waals surface area (Å²) in [6.45, 7) is 3.62. The standard InChI is InChI=1S/C17H15F2N3O2/c1-2-16(22-10-8-14(23)15(24)11-22)20-9-4-6-12-5-3-7-13(21-12)17(18)19/h2-5,7-11,17,24H,1,6H2/b9-4-,20-16?. The smallest absolute Gasteiger partial charge is 0.280 e. The fourth-order valence-electron chi connectivity index (χ4n) is 1.87. The van der Waals surface area contributed by atoms with Crippen LogP contribution in [0.5, 0.6) is 5.75 Å². The number of aromatic hydroxyl groups is 1. The third-order valence-corrected chi connectivity index (χ3v) is 3.04. The minimum atomic E-state index is -2.60. The second kappa shape index (κ2) is 7.96. The molecule has 0 aromatic carbocycles. The molecule has 0 radical (unpaired) electrons. The van der Waals surface area contributed by atoms with Gasteiger partial charge in [0.05, 0.1) is 6.20 Å². The van der Waals surface area contributed by atoms with E-state index in [-0.39, 0.29) is 5.69 Å². The predicted octanol–water partition coefficient (Wildman–Crippen LogP) is 3.08. The maximum absolute atomic E-state index is 12.6. The number of allylic oxidation sites excluding steroid dienone is 2. The van der Waals surface area contributed by atoms with Crippen LogP contribution in [0.4, 0.5) is 8.78 Å². The Morgan fingerprint density at radius 3 is 2.88 bits per heavy atom. The monoisotopic (exact) mass is 331 g/mol. The fraction of sp³-hybridized carbons (Fsp3) is 0.118. The first kappa shape index (κ1) is 17.3. The topological polar surface area (TPSA) is 67.5 Å². The molecule has 0 spiro atoms. The van der Waals surface area contributed by atoms with Gasteiger partial charge in [-0.25, -0.2) is 13.8 Å². The highest BCUT2D eigenvalue weighted by molar-refractivity contribution is 5.94. The minimum Gasteiger partial charge on any atom is -0.503 e. The van der Waals surface area contributed by atoms with Gasteiger partial charge in [-0.3, -0.25) is 9.78 Å². The van der Waals surface area contributed by atoms with Gasteiger partial charge in [0.25, 0.3) is 6.43 Å². The Morgan fingerprint density at radius 2 is 2.21 bits per heavy atom. The highest BCUT2D eigenvalue weighted by atomic mass is 19.3. The molecular formula is C17H15F2N3O2. The van der Waals surface area contributed by atoms with Crippen LogP contribution in [0, 0.1) is 0 Å². The Balaban J connectivity index is 2.11. The zero-order chi connectivity index (χ0) is 17.5. The number of alkyl halides is 2. The van der Waals surface area contributed by atoms with E-state index in [1.807, 2.05) is 0 Å². The van der Waals surface area contributed by atoms with Crippen LogP contribution in [0.25, 0.3) is 0 Å². The van der Waals surface area contributed by atoms with Gasteiger partial charge in [0, 0.05) is 30.6 Å². The molecule has 0 bridgehead atoms. The van der Waals surface area contributed by atoms with E-state index in [0.717, 1.165) is 0 Å². The summed E-state index contributed by atoms with van der Waals surface area (Å²) in [5.41, 5.74) is -0.254. The maximum atomic E-state index is 12.6. The highest BCUT2D eigenvalue weighted by Crippen LogP contribution is 2.16. The van der Waals surface area contributed by atoms with Gasteiger partial charge in [-0.1, -0.05) is 18.7 Å². The van der Waals surface area contributed by atoms with Crippen molar-refractivity contribution >= 4 is 5.84 Å². The second-order valence-electron chi connectivity index (χ2n) is 4.74. The molecule has 0 aliphatic heterocycles. The molecule has 124 valence electrons. The number of hydrogen-bond acceptors (Lipinski definition) is 4. The van der Waals surface area contributed by atoms with Crippen molar-refractivity contribution in [2.75, 3.05) is 0 Å². The summed E-state index contributed by atoms with van der Waals surface area (Å²) >= 11 is 0. The van der Waals surface area contributed by atoms with Crippen LogP contribution < -0.4 is 5.43 Å². The van der Waals surface area contributed by atoms with E-state index in [2.05, 4.69) is 16.6 Å². The van der Waals surface area contributed by atoms with Gasteiger partial charge in [-0.05, 0) is 18.2 Å². The molecule has 2 aromatic rings. The van der Waals surface area contributed by atoms with Crippen LogP contribution >= 0.6 is 0 Å². The number of aromatic nitrogens is 2. The molecule has 0 saturated heterocycles. The molecule has 0 unspecified atom stereocenters. The molecule has 0 saturated carbocycles. The van der Waals surface area contributed by atoms with E-state index in [0.29, 0.717) is 18.0 Å². The summed E-state index contributed by atoms with van der Waals surface area (Å²) in [5, 5.41) is 9.43. The molecule has 7 heteroatoms. The van der Waals surface area contributed by atoms with Gasteiger partial charge in [-0.2, -0.15) is 0 Å². The summed E-state index contributed by atoms with van der Waals surface area (Å²) < 4.78 is 26.6. The molecule has 2 aromatic heterocycles. The minimum absolute atomic E-state index is 0.264. The molecule has 2 heterocycles. The number of halogens is 2. The quantitative estimate of drug-likeness (QED) is 0.676. The van der Waals surface area contributed by atoms with Gasteiger partial charge in [0.15, 0.2) is 5.75 Å². The van der Waals surface area contributed by atoms with E-state index >= 15 is 0 Å². The number of pyridine rings is 2. The third kappa shape index (κ3) is 4.45. The summed E-state index contributed by atoms with van der Waals surface area (Å²) in [6, 6.07) is 5.65. The normalized spacial score (nSPS) is 12.0. The molecule has 0 atom stereocenters. The van der Waals surface area contributed by atoms with Crippen molar-refractivity contribution in [1.29, 1.82) is 0 Å². The molecule has 2 rings (SSSR count). The molecule has 24 heavy (non-hydrogen) atoms. The van der Waals surface area contributed by atoms with Crippen molar-refractivity contribution in [3.8, 4) is 5.75 Å². The summed E-state index contributed by atoms with van der Waals surface area (Å²) in [7, 11) is 0. The highest BCUT2D eigenvalue weighted by Gasteiger charge is 2.08. The Bertz CT molecular complexity index is 842. The van der Waals surface area contributed by atoms with E-state index in [1.54, 1.807) is 12.1 Å². The number of nitrogens with zero attached hydrogens (tertiary/aromatic N) is 3. The van der Waals surface area contributed by atoms with Crippen molar-refractivity contribution in [1.82, 2.24) is 9.55 Å². The molecule has 0 fully saturated rings. The van der Waals surface area contributed by atoms with Gasteiger partial charge < -0.3 is 9.67 Å². The third-order valence-electron chi connectivity index (χ3n) is 3.04. The van der Waals surface area contributed by atoms with Gasteiger partial charge in [0.2, 0.25) is 5.43 Å². The Labute approximate surface area is 136 Å². The van der Waals surface area contributed by atoms with Crippen LogP contribution in [0.2, 0.25) is 0 Å². The van der Waals surface area contributed by atoms with E-state index < -0.39 is 17.6 Å². The van der Waals surface area contributed by atoms with Crippen molar-refractivity contribution in [2.24, 2.45) is 4.99 Å². The van der Waals surface area contributed by atoms with E-state index in [4.69, 9.17) is 0 Å². The van der Waals surface area contributed by atoms with E-state index in [1.165, 1.54) is 47.4 Å². The summed E-state index contributed by atoms with van der Waals surface area (Å²) in [6.07, 6.45) is 4.99. The van der Waals surface area contributed by atoms with Crippen molar-refractivity contribution < 1.29 is 13.9 Å². The van der Waals surface area contributed by atoms with Crippen LogP contribution in [0.15, 0.2) is 71.4 Å². The summed E-state index contributed by atoms with van der Waals surface area (Å²) in [4.78, 5) is 19.2. The molecule has 5 nitrogen and oxygen atoms in total. The molecule has 0 aliphatic rings.